The summed E-state index contributed by atoms with van der Waals surface area (Å²) in [5.41, 5.74) is -3.32. The molecule has 0 saturated carbocycles. The van der Waals surface area contributed by atoms with Gasteiger partial charge < -0.3 is 45.3 Å². The molecule has 45 heavy (non-hydrogen) atoms. The molecule has 4 heterocycles. The van der Waals surface area contributed by atoms with Gasteiger partial charge >= 0.3 is 19.2 Å². The molecule has 10 atom stereocenters. The van der Waals surface area contributed by atoms with E-state index < -0.39 is 98.9 Å². The summed E-state index contributed by atoms with van der Waals surface area (Å²) in [5.74, 6) is 0. The van der Waals surface area contributed by atoms with Crippen LogP contribution in [-0.4, -0.2) is 102 Å². The minimum Gasteiger partial charge on any atom is -0.394 e. The fourth-order valence-corrected chi connectivity index (χ4v) is 5.55. The zero-order chi connectivity index (χ0) is 32.2. The number of phosphoric ester groups is 1. The van der Waals surface area contributed by atoms with Crippen LogP contribution < -0.4 is 28.6 Å². The average Bonchev–Trinajstić information content (AvgIpc) is 3.43. The van der Waals surface area contributed by atoms with Gasteiger partial charge in [-0.05, 0) is 6.92 Å². The van der Waals surface area contributed by atoms with E-state index in [0.717, 1.165) is 33.7 Å². The molecule has 22 heteroatoms. The molecule has 2 fully saturated rings. The second-order valence-electron chi connectivity index (χ2n) is 9.61. The number of nitrogens with one attached hydrogen (secondary N) is 2. The van der Waals surface area contributed by atoms with Gasteiger partial charge in [-0.2, -0.15) is 5.26 Å². The summed E-state index contributed by atoms with van der Waals surface area (Å²) in [6, 6.07) is 3.86. The maximum absolute atomic E-state index is 13.1. The van der Waals surface area contributed by atoms with Crippen molar-refractivity contribution in [1.82, 2.24) is 25.3 Å². The van der Waals surface area contributed by atoms with Gasteiger partial charge in [-0.15, -0.1) is 0 Å². The number of nitrogens with zero attached hydrogens (tertiary/aromatic N) is 3. The van der Waals surface area contributed by atoms with E-state index in [1.54, 1.807) is 0 Å². The maximum Gasteiger partial charge on any atom is 0.472 e. The normalized spacial score (nSPS) is 29.9. The number of aromatic nitrogens is 4. The molecular formula is C23H33N6O15P. The second kappa shape index (κ2) is 15.3. The molecule has 0 aromatic carbocycles. The molecular weight excluding hydrogens is 631 g/mol. The highest BCUT2D eigenvalue weighted by Crippen LogP contribution is 2.49. The first-order valence-electron chi connectivity index (χ1n) is 13.1. The van der Waals surface area contributed by atoms with Crippen LogP contribution in [0.25, 0.3) is 0 Å². The van der Waals surface area contributed by atoms with Gasteiger partial charge in [0.1, 0.15) is 36.6 Å². The summed E-state index contributed by atoms with van der Waals surface area (Å²) in [6.07, 6.45) is -11.2. The molecule has 2 aliphatic rings. The van der Waals surface area contributed by atoms with Crippen LogP contribution in [-0.2, 0) is 32.6 Å². The van der Waals surface area contributed by atoms with Crippen molar-refractivity contribution in [2.75, 3.05) is 19.8 Å². The molecule has 0 amide bonds. The Kier molecular flexibility index (Phi) is 12.3. The molecule has 2 aliphatic heterocycles. The van der Waals surface area contributed by atoms with Crippen LogP contribution in [0.15, 0.2) is 43.7 Å². The van der Waals surface area contributed by atoms with E-state index in [0.29, 0.717) is 0 Å². The highest BCUT2D eigenvalue weighted by Gasteiger charge is 2.52. The van der Waals surface area contributed by atoms with Gasteiger partial charge in [0.2, 0.25) is 0 Å². The standard InChI is InChI=1S/C23H30N5O15P.H3N/c1-11(38-8-2-5-24)40-19-18(12(9-29)41-21(19)28-7-4-15(31)26-23(28)35)43-44(36,37)39-10-13-16(32)17(33)20(42-13)27-6-3-14(30)25-22(27)34;/h3-4,6-7,11-13,16-21,29,32-33H,2,8-10H2,1H3,(H,36,37)(H,25,30,34)(H,26,31,35);1H3/t11?,12-,13-,16-,17-,18-,19-,20-,21-;/m1./s1. The van der Waals surface area contributed by atoms with Gasteiger partial charge in [0, 0.05) is 24.5 Å². The summed E-state index contributed by atoms with van der Waals surface area (Å²) in [4.78, 5) is 62.1. The van der Waals surface area contributed by atoms with Gasteiger partial charge in [-0.3, -0.25) is 37.7 Å². The third-order valence-corrected chi connectivity index (χ3v) is 7.61. The molecule has 0 radical (unpaired) electrons. The number of phosphoric acid groups is 1. The SMILES string of the molecule is CC(OCCC#N)O[C@@H]1[C@H](OP(=O)(O)OC[C@H]2O[C@@H](n3ccc(=O)[nH]c3=O)[C@H](O)[C@@H]2O)[C@@H](CO)O[C@H]1n1ccc(=O)[nH]c1=O.N. The van der Waals surface area contributed by atoms with E-state index >= 15 is 0 Å². The molecule has 0 aliphatic carbocycles. The summed E-state index contributed by atoms with van der Waals surface area (Å²) in [7, 11) is -5.13. The van der Waals surface area contributed by atoms with Crippen LogP contribution in [0.5, 0.6) is 0 Å². The fraction of sp³-hybridized carbons (Fsp3) is 0.609. The zero-order valence-electron chi connectivity index (χ0n) is 23.6. The zero-order valence-corrected chi connectivity index (χ0v) is 24.5. The van der Waals surface area contributed by atoms with Gasteiger partial charge in [0.05, 0.1) is 32.3 Å². The highest BCUT2D eigenvalue weighted by molar-refractivity contribution is 7.47. The molecule has 4 rings (SSSR count). The lowest BCUT2D eigenvalue weighted by Crippen LogP contribution is -2.42. The van der Waals surface area contributed by atoms with Crippen LogP contribution in [0.1, 0.15) is 25.8 Å². The largest absolute Gasteiger partial charge is 0.472 e. The summed E-state index contributed by atoms with van der Waals surface area (Å²) >= 11 is 0. The predicted molar refractivity (Wildman–Crippen MR) is 146 cm³/mol. The number of nitriles is 1. The third kappa shape index (κ3) is 8.47. The topological polar surface area (TPSA) is 322 Å². The number of aliphatic hydroxyl groups excluding tert-OH is 3. The van der Waals surface area contributed by atoms with Crippen molar-refractivity contribution >= 4 is 7.82 Å². The Balaban J connectivity index is 0.00000552. The van der Waals surface area contributed by atoms with Crippen molar-refractivity contribution in [2.45, 2.75) is 68.7 Å². The van der Waals surface area contributed by atoms with Crippen molar-refractivity contribution in [1.29, 1.82) is 5.26 Å². The lowest BCUT2D eigenvalue weighted by atomic mass is 10.1. The van der Waals surface area contributed by atoms with Gasteiger partial charge in [-0.1, -0.05) is 0 Å². The van der Waals surface area contributed by atoms with E-state index in [2.05, 4.69) is 0 Å². The Bertz CT molecular complexity index is 1620. The summed E-state index contributed by atoms with van der Waals surface area (Å²) in [5, 5.41) is 39.5. The molecule has 2 saturated heterocycles. The first-order valence-corrected chi connectivity index (χ1v) is 14.6. The fourth-order valence-electron chi connectivity index (χ4n) is 4.59. The Morgan fingerprint density at radius 3 is 2.13 bits per heavy atom. The lowest BCUT2D eigenvalue weighted by molar-refractivity contribution is -0.192. The number of rotatable bonds is 13. The minimum absolute atomic E-state index is 0. The first-order chi connectivity index (χ1) is 20.8. The Labute approximate surface area is 252 Å². The molecule has 9 N–H and O–H groups in total. The molecule has 2 unspecified atom stereocenters. The molecule has 0 spiro atoms. The van der Waals surface area contributed by atoms with Crippen LogP contribution in [0.4, 0.5) is 0 Å². The van der Waals surface area contributed by atoms with Crippen LogP contribution in [0, 0.1) is 11.3 Å². The van der Waals surface area contributed by atoms with Crippen molar-refractivity contribution in [3.05, 3.63) is 66.2 Å². The quantitative estimate of drug-likeness (QED) is 0.0634. The summed E-state index contributed by atoms with van der Waals surface area (Å²) < 4.78 is 47.4. The van der Waals surface area contributed by atoms with Gasteiger partial charge in [0.15, 0.2) is 18.7 Å². The van der Waals surface area contributed by atoms with E-state index in [1.165, 1.54) is 6.92 Å². The van der Waals surface area contributed by atoms with Crippen molar-refractivity contribution in [3.63, 3.8) is 0 Å². The van der Waals surface area contributed by atoms with E-state index in [1.807, 2.05) is 16.0 Å². The van der Waals surface area contributed by atoms with E-state index in [9.17, 15) is 44.0 Å². The predicted octanol–water partition coefficient (Wildman–Crippen LogP) is -3.08. The van der Waals surface area contributed by atoms with Crippen LogP contribution >= 0.6 is 7.82 Å². The smallest absolute Gasteiger partial charge is 0.394 e. The number of hydrogen-bond acceptors (Lipinski definition) is 16. The Morgan fingerprint density at radius 1 is 1.00 bits per heavy atom. The van der Waals surface area contributed by atoms with Crippen LogP contribution in [0.3, 0.4) is 0 Å². The molecule has 21 nitrogen and oxygen atoms in total. The lowest BCUT2D eigenvalue weighted by Gasteiger charge is -2.28. The Hall–Kier alpha value is -3.36. The maximum atomic E-state index is 13.1. The van der Waals surface area contributed by atoms with Gasteiger partial charge in [0.25, 0.3) is 11.1 Å². The third-order valence-electron chi connectivity index (χ3n) is 6.63. The first kappa shape index (κ1) is 36.1. The summed E-state index contributed by atoms with van der Waals surface area (Å²) in [6.45, 7) is -0.265. The van der Waals surface area contributed by atoms with E-state index in [-0.39, 0.29) is 19.2 Å². The molecule has 2 aromatic heterocycles. The van der Waals surface area contributed by atoms with Crippen LogP contribution in [0.2, 0.25) is 0 Å². The number of hydrogen-bond donors (Lipinski definition) is 7. The number of aromatic amines is 2. The van der Waals surface area contributed by atoms with E-state index in [4.69, 9.17) is 33.3 Å². The monoisotopic (exact) mass is 664 g/mol. The number of H-pyrrole nitrogens is 2. The van der Waals surface area contributed by atoms with Crippen molar-refractivity contribution in [3.8, 4) is 6.07 Å². The number of ether oxygens (including phenoxy) is 4. The second-order valence-corrected chi connectivity index (χ2v) is 11.0. The van der Waals surface area contributed by atoms with Crippen molar-refractivity contribution < 1.29 is 52.8 Å². The Morgan fingerprint density at radius 2 is 1.58 bits per heavy atom. The molecule has 2 aromatic rings. The van der Waals surface area contributed by atoms with Crippen molar-refractivity contribution in [2.24, 2.45) is 0 Å². The highest BCUT2D eigenvalue weighted by atomic mass is 31.2. The molecule has 250 valence electrons. The molecule has 0 bridgehead atoms. The average molecular weight is 665 g/mol. The number of aliphatic hydroxyl groups is 3. The minimum atomic E-state index is -5.13. The van der Waals surface area contributed by atoms with Gasteiger partial charge in [-0.25, -0.2) is 14.2 Å².